The van der Waals surface area contributed by atoms with E-state index in [0.29, 0.717) is 23.6 Å². The number of halogens is 3. The zero-order valence-electron chi connectivity index (χ0n) is 15.1. The van der Waals surface area contributed by atoms with E-state index >= 15 is 0 Å². The summed E-state index contributed by atoms with van der Waals surface area (Å²) in [7, 11) is 3.25. The van der Waals surface area contributed by atoms with Gasteiger partial charge in [-0.15, -0.1) is 0 Å². The van der Waals surface area contributed by atoms with Crippen LogP contribution in [0.5, 0.6) is 17.2 Å². The third-order valence-corrected chi connectivity index (χ3v) is 5.41. The zero-order chi connectivity index (χ0) is 19.2. The van der Waals surface area contributed by atoms with Gasteiger partial charge in [0.1, 0.15) is 5.75 Å². The number of hydrogen-bond acceptors (Lipinski definition) is 4. The molecule has 4 rings (SSSR count). The van der Waals surface area contributed by atoms with Crippen molar-refractivity contribution in [1.82, 2.24) is 5.32 Å². The summed E-state index contributed by atoms with van der Waals surface area (Å²) < 4.78 is 52.6. The van der Waals surface area contributed by atoms with E-state index in [-0.39, 0.29) is 23.4 Å². The first kappa shape index (κ1) is 18.0. The van der Waals surface area contributed by atoms with Gasteiger partial charge in [0.05, 0.1) is 18.4 Å². The molecule has 1 saturated heterocycles. The van der Waals surface area contributed by atoms with Crippen molar-refractivity contribution in [3.8, 4) is 17.2 Å². The van der Waals surface area contributed by atoms with Gasteiger partial charge in [-0.05, 0) is 42.8 Å². The fourth-order valence-corrected chi connectivity index (χ4v) is 4.20. The van der Waals surface area contributed by atoms with Gasteiger partial charge in [-0.1, -0.05) is 12.1 Å². The molecule has 2 aliphatic heterocycles. The lowest BCUT2D eigenvalue weighted by Crippen LogP contribution is -2.42. The molecule has 144 valence electrons. The predicted octanol–water partition coefficient (Wildman–Crippen LogP) is 4.40. The summed E-state index contributed by atoms with van der Waals surface area (Å²) in [5, 5.41) is 3.29. The van der Waals surface area contributed by atoms with Gasteiger partial charge in [0.15, 0.2) is 11.5 Å². The Morgan fingerprint density at radius 1 is 1.15 bits per heavy atom. The highest BCUT2D eigenvalue weighted by Crippen LogP contribution is 2.51. The monoisotopic (exact) mass is 378 g/mol. The van der Waals surface area contributed by atoms with Gasteiger partial charge in [0.2, 0.25) is 0 Å². The van der Waals surface area contributed by atoms with Crippen molar-refractivity contribution in [2.45, 2.75) is 24.6 Å². The Bertz CT molecular complexity index is 854. The number of ether oxygens (including phenoxy) is 2. The maximum Gasteiger partial charge on any atom is 0.418 e. The summed E-state index contributed by atoms with van der Waals surface area (Å²) in [6.07, 6.45) is -3.64. The number of fused-ring (bicyclic) bond motifs is 3. The first-order valence-electron chi connectivity index (χ1n) is 8.89. The van der Waals surface area contributed by atoms with Crippen molar-refractivity contribution in [2.75, 3.05) is 32.1 Å². The minimum absolute atomic E-state index is 0.0149. The number of para-hydroxylation sites is 2. The molecular weight excluding hydrogens is 357 g/mol. The fourth-order valence-electron chi connectivity index (χ4n) is 4.20. The maximum absolute atomic E-state index is 13.8. The molecule has 2 aromatic carbocycles. The number of likely N-dealkylation sites (N-methyl/N-ethyl adjacent to an activating group) is 1. The smallest absolute Gasteiger partial charge is 0.418 e. The van der Waals surface area contributed by atoms with Crippen LogP contribution in [0.3, 0.4) is 0 Å². The topological polar surface area (TPSA) is 33.7 Å². The second-order valence-corrected chi connectivity index (χ2v) is 6.94. The summed E-state index contributed by atoms with van der Waals surface area (Å²) in [6, 6.07) is 9.83. The van der Waals surface area contributed by atoms with Crippen LogP contribution < -0.4 is 19.7 Å². The van der Waals surface area contributed by atoms with E-state index in [1.54, 1.807) is 42.3 Å². The Balaban J connectivity index is 1.81. The third kappa shape index (κ3) is 3.10. The summed E-state index contributed by atoms with van der Waals surface area (Å²) in [4.78, 5) is 1.79. The van der Waals surface area contributed by atoms with Gasteiger partial charge < -0.3 is 19.7 Å². The number of alkyl halides is 3. The van der Waals surface area contributed by atoms with Crippen LogP contribution in [0.15, 0.2) is 36.4 Å². The second-order valence-electron chi connectivity index (χ2n) is 6.94. The van der Waals surface area contributed by atoms with Crippen molar-refractivity contribution in [3.63, 3.8) is 0 Å². The van der Waals surface area contributed by atoms with E-state index in [0.717, 1.165) is 19.0 Å². The summed E-state index contributed by atoms with van der Waals surface area (Å²) >= 11 is 0. The Hall–Kier alpha value is -2.41. The molecule has 2 aromatic rings. The van der Waals surface area contributed by atoms with Crippen LogP contribution in [0.1, 0.15) is 23.5 Å². The average Bonchev–Trinajstić information content (AvgIpc) is 2.94. The number of benzene rings is 2. The number of nitrogens with one attached hydrogen (secondary N) is 1. The van der Waals surface area contributed by atoms with Crippen molar-refractivity contribution in [3.05, 3.63) is 47.5 Å². The van der Waals surface area contributed by atoms with Crippen LogP contribution in [0, 0.1) is 0 Å². The van der Waals surface area contributed by atoms with Crippen molar-refractivity contribution in [2.24, 2.45) is 0 Å². The predicted molar refractivity (Wildman–Crippen MR) is 96.9 cm³/mol. The molecule has 0 unspecified atom stereocenters. The van der Waals surface area contributed by atoms with Crippen LogP contribution in [-0.2, 0) is 6.18 Å². The molecule has 1 N–H and O–H groups in total. The van der Waals surface area contributed by atoms with Gasteiger partial charge in [-0.2, -0.15) is 13.2 Å². The van der Waals surface area contributed by atoms with Gasteiger partial charge in [0, 0.05) is 25.6 Å². The minimum atomic E-state index is -4.46. The largest absolute Gasteiger partial charge is 0.493 e. The molecule has 7 heteroatoms. The first-order chi connectivity index (χ1) is 12.9. The molecule has 4 nitrogen and oxygen atoms in total. The molecular formula is C20H21F3N2O2. The molecule has 0 saturated carbocycles. The molecule has 27 heavy (non-hydrogen) atoms. The molecule has 2 aliphatic rings. The number of hydrogen-bond donors (Lipinski definition) is 1. The Morgan fingerprint density at radius 2 is 1.89 bits per heavy atom. The summed E-state index contributed by atoms with van der Waals surface area (Å²) in [6.45, 7) is 1.48. The Kier molecular flexibility index (Phi) is 4.42. The molecule has 2 heterocycles. The van der Waals surface area contributed by atoms with E-state index in [9.17, 15) is 13.2 Å². The fraction of sp³-hybridized carbons (Fsp3) is 0.400. The van der Waals surface area contributed by atoms with E-state index in [1.807, 2.05) is 0 Å². The summed E-state index contributed by atoms with van der Waals surface area (Å²) in [5.41, 5.74) is 0.310. The third-order valence-electron chi connectivity index (χ3n) is 5.41. The average molecular weight is 378 g/mol. The van der Waals surface area contributed by atoms with Gasteiger partial charge in [-0.25, -0.2) is 0 Å². The Morgan fingerprint density at radius 3 is 2.59 bits per heavy atom. The van der Waals surface area contributed by atoms with Gasteiger partial charge in [-0.3, -0.25) is 0 Å². The van der Waals surface area contributed by atoms with Crippen molar-refractivity contribution >= 4 is 5.69 Å². The number of anilines is 1. The van der Waals surface area contributed by atoms with Crippen LogP contribution in [0.25, 0.3) is 0 Å². The normalized spacial score (nSPS) is 21.6. The quantitative estimate of drug-likeness (QED) is 0.858. The lowest BCUT2D eigenvalue weighted by atomic mass is 9.89. The molecule has 1 fully saturated rings. The highest BCUT2D eigenvalue weighted by molar-refractivity contribution is 5.69. The van der Waals surface area contributed by atoms with E-state index in [1.165, 1.54) is 7.11 Å². The Labute approximate surface area is 155 Å². The van der Waals surface area contributed by atoms with Crippen molar-refractivity contribution < 1.29 is 22.6 Å². The van der Waals surface area contributed by atoms with E-state index < -0.39 is 11.7 Å². The van der Waals surface area contributed by atoms with Crippen LogP contribution in [0.2, 0.25) is 0 Å². The number of piperidine rings is 1. The molecule has 0 amide bonds. The van der Waals surface area contributed by atoms with Crippen LogP contribution in [-0.4, -0.2) is 33.3 Å². The molecule has 0 radical (unpaired) electrons. The second kappa shape index (κ2) is 6.64. The molecule has 0 spiro atoms. The van der Waals surface area contributed by atoms with Gasteiger partial charge >= 0.3 is 6.18 Å². The lowest BCUT2D eigenvalue weighted by molar-refractivity contribution is -0.137. The summed E-state index contributed by atoms with van der Waals surface area (Å²) in [5.74, 6) is 1.05. The molecule has 2 atom stereocenters. The number of nitrogens with zero attached hydrogens (tertiary/aromatic N) is 1. The number of methoxy groups -OCH3 is 1. The first-order valence-corrected chi connectivity index (χ1v) is 8.89. The van der Waals surface area contributed by atoms with Crippen LogP contribution in [0.4, 0.5) is 18.9 Å². The van der Waals surface area contributed by atoms with E-state index in [2.05, 4.69) is 5.32 Å². The van der Waals surface area contributed by atoms with Gasteiger partial charge in [0.25, 0.3) is 0 Å². The van der Waals surface area contributed by atoms with E-state index in [4.69, 9.17) is 9.47 Å². The zero-order valence-corrected chi connectivity index (χ0v) is 15.1. The maximum atomic E-state index is 13.8. The molecule has 0 aliphatic carbocycles. The van der Waals surface area contributed by atoms with Crippen LogP contribution >= 0.6 is 0 Å². The minimum Gasteiger partial charge on any atom is -0.493 e. The number of rotatable bonds is 3. The molecule has 0 aromatic heterocycles. The van der Waals surface area contributed by atoms with Crippen molar-refractivity contribution in [1.29, 1.82) is 0 Å². The molecule has 0 bridgehead atoms. The highest BCUT2D eigenvalue weighted by atomic mass is 19.4. The lowest BCUT2D eigenvalue weighted by Gasteiger charge is -2.31. The standard InChI is InChI=1S/C20H21F3N2O2/c1-25-16-7-8-24-11-14(16)13-9-12(10-15(19(13)25)20(21,22)23)27-18-6-4-3-5-17(18)26-2/h3-6,9-10,14,16,24H,7-8,11H2,1-2H3/t14-,16-/m0/s1. The SMILES string of the molecule is COc1ccccc1Oc1cc2c(c(C(F)(F)F)c1)N(C)[C@H]1CCNC[C@@H]21. The highest BCUT2D eigenvalue weighted by Gasteiger charge is 2.45.